The van der Waals surface area contributed by atoms with Gasteiger partial charge in [0.2, 0.25) is 0 Å². The highest BCUT2D eigenvalue weighted by atomic mass is 19.4. The molecule has 4 rings (SSSR count). The van der Waals surface area contributed by atoms with Gasteiger partial charge in [0.15, 0.2) is 5.82 Å². The highest BCUT2D eigenvalue weighted by molar-refractivity contribution is 5.64. The van der Waals surface area contributed by atoms with Crippen LogP contribution in [-0.2, 0) is 25.2 Å². The summed E-state index contributed by atoms with van der Waals surface area (Å²) in [5.74, 6) is 0.578. The number of aliphatic hydroxyl groups is 1. The number of rotatable bonds is 5. The molecule has 0 amide bonds. The molecule has 0 radical (unpaired) electrons. The van der Waals surface area contributed by atoms with Crippen LogP contribution in [0.4, 0.5) is 13.2 Å². The van der Waals surface area contributed by atoms with E-state index in [2.05, 4.69) is 20.2 Å². The van der Waals surface area contributed by atoms with E-state index in [1.807, 2.05) is 26.8 Å². The van der Waals surface area contributed by atoms with Crippen molar-refractivity contribution in [2.45, 2.75) is 52.8 Å². The van der Waals surface area contributed by atoms with E-state index in [1.54, 1.807) is 30.3 Å². The van der Waals surface area contributed by atoms with E-state index < -0.39 is 17.3 Å². The van der Waals surface area contributed by atoms with E-state index in [9.17, 15) is 18.3 Å². The van der Waals surface area contributed by atoms with Gasteiger partial charge in [-0.2, -0.15) is 23.4 Å². The topological polar surface area (TPSA) is 81.7 Å². The van der Waals surface area contributed by atoms with Crippen LogP contribution in [0.1, 0.15) is 53.3 Å². The van der Waals surface area contributed by atoms with Crippen molar-refractivity contribution >= 4 is 0 Å². The molecule has 35 heavy (non-hydrogen) atoms. The fourth-order valence-electron chi connectivity index (χ4n) is 4.52. The molecule has 3 heterocycles. The summed E-state index contributed by atoms with van der Waals surface area (Å²) < 4.78 is 42.2. The van der Waals surface area contributed by atoms with Crippen molar-refractivity contribution in [2.75, 3.05) is 0 Å². The molecule has 1 N–H and O–H groups in total. The number of halogens is 3. The van der Waals surface area contributed by atoms with Gasteiger partial charge in [-0.15, -0.1) is 0 Å². The van der Waals surface area contributed by atoms with E-state index in [0.717, 1.165) is 46.0 Å². The molecule has 0 atom stereocenters. The van der Waals surface area contributed by atoms with Crippen LogP contribution in [0.3, 0.4) is 0 Å². The third kappa shape index (κ3) is 4.70. The van der Waals surface area contributed by atoms with Gasteiger partial charge < -0.3 is 5.11 Å². The average molecular weight is 485 g/mol. The Labute approximate surface area is 201 Å². The number of aryl methyl sites for hydroxylation is 2. The first-order chi connectivity index (χ1) is 16.3. The van der Waals surface area contributed by atoms with Crippen molar-refractivity contribution in [2.24, 2.45) is 7.05 Å². The Morgan fingerprint density at radius 3 is 2.20 bits per heavy atom. The minimum Gasteiger partial charge on any atom is -0.386 e. The number of hydrogen-bond acceptors (Lipinski definition) is 5. The molecule has 4 aromatic rings. The van der Waals surface area contributed by atoms with Crippen LogP contribution in [0, 0.1) is 20.8 Å². The summed E-state index contributed by atoms with van der Waals surface area (Å²) in [6, 6.07) is 6.84. The van der Waals surface area contributed by atoms with Gasteiger partial charge in [-0.25, -0.2) is 14.6 Å². The van der Waals surface area contributed by atoms with Crippen molar-refractivity contribution < 1.29 is 18.3 Å². The first-order valence-corrected chi connectivity index (χ1v) is 11.1. The molecule has 184 valence electrons. The highest BCUT2D eigenvalue weighted by Crippen LogP contribution is 2.32. The largest absolute Gasteiger partial charge is 0.416 e. The van der Waals surface area contributed by atoms with Crippen LogP contribution in [-0.4, -0.2) is 34.6 Å². The summed E-state index contributed by atoms with van der Waals surface area (Å²) in [6.45, 7) is 9.07. The van der Waals surface area contributed by atoms with E-state index in [-0.39, 0.29) is 0 Å². The second-order valence-electron chi connectivity index (χ2n) is 9.18. The molecule has 1 aromatic carbocycles. The molecule has 0 bridgehead atoms. The Morgan fingerprint density at radius 2 is 1.63 bits per heavy atom. The van der Waals surface area contributed by atoms with Crippen molar-refractivity contribution in [3.8, 4) is 17.1 Å². The van der Waals surface area contributed by atoms with Crippen molar-refractivity contribution in [3.05, 3.63) is 76.1 Å². The zero-order valence-electron chi connectivity index (χ0n) is 20.4. The number of hydrogen-bond donors (Lipinski definition) is 1. The molecule has 0 aliphatic heterocycles. The average Bonchev–Trinajstić information content (AvgIpc) is 3.23. The lowest BCUT2D eigenvalue weighted by Gasteiger charge is -2.18. The maximum absolute atomic E-state index is 12.9. The summed E-state index contributed by atoms with van der Waals surface area (Å²) in [5.41, 5.74) is 4.25. The number of aromatic nitrogens is 6. The highest BCUT2D eigenvalue weighted by Gasteiger charge is 2.30. The number of benzene rings is 1. The van der Waals surface area contributed by atoms with Gasteiger partial charge in [-0.1, -0.05) is 12.1 Å². The zero-order chi connectivity index (χ0) is 25.7. The minimum atomic E-state index is -4.38. The van der Waals surface area contributed by atoms with Gasteiger partial charge in [-0.05, 0) is 52.3 Å². The fraction of sp³-hybridized carbons (Fsp3) is 0.360. The smallest absolute Gasteiger partial charge is 0.386 e. The Hall–Kier alpha value is -3.53. The molecular formula is C25H27F3N6O. The summed E-state index contributed by atoms with van der Waals surface area (Å²) in [7, 11) is 1.80. The lowest BCUT2D eigenvalue weighted by Crippen LogP contribution is -2.18. The van der Waals surface area contributed by atoms with E-state index in [0.29, 0.717) is 23.5 Å². The minimum absolute atomic E-state index is 0.448. The molecule has 0 spiro atoms. The van der Waals surface area contributed by atoms with Gasteiger partial charge in [-0.3, -0.25) is 4.68 Å². The van der Waals surface area contributed by atoms with Crippen LogP contribution in [0.2, 0.25) is 0 Å². The number of alkyl halides is 3. The van der Waals surface area contributed by atoms with E-state index in [4.69, 9.17) is 0 Å². The lowest BCUT2D eigenvalue weighted by atomic mass is 9.96. The summed E-state index contributed by atoms with van der Waals surface area (Å²) in [5, 5.41) is 19.6. The van der Waals surface area contributed by atoms with E-state index in [1.165, 1.54) is 18.5 Å². The summed E-state index contributed by atoms with van der Waals surface area (Å²) >= 11 is 0. The molecule has 10 heteroatoms. The standard InChI is InChI=1S/C25H27F3N6O/c1-14-20(33(6)32-23(14)17-7-9-18(10-8-17)25(26,27)28)11-19-12-21(30-13-29-19)34-16(3)22(15(2)31-34)24(4,5)35/h7-10,12-13,35H,11H2,1-6H3. The van der Waals surface area contributed by atoms with Crippen molar-refractivity contribution in [1.82, 2.24) is 29.5 Å². The normalized spacial score (nSPS) is 12.4. The molecule has 3 aromatic heterocycles. The van der Waals surface area contributed by atoms with Gasteiger partial charge in [0.05, 0.1) is 28.2 Å². The van der Waals surface area contributed by atoms with Crippen LogP contribution in [0.5, 0.6) is 0 Å². The lowest BCUT2D eigenvalue weighted by molar-refractivity contribution is -0.137. The molecule has 0 aliphatic carbocycles. The summed E-state index contributed by atoms with van der Waals surface area (Å²) in [4.78, 5) is 8.77. The third-order valence-electron chi connectivity index (χ3n) is 6.09. The van der Waals surface area contributed by atoms with Crippen LogP contribution in [0.25, 0.3) is 17.1 Å². The SMILES string of the molecule is Cc1nn(-c2cc(Cc3c(C)c(-c4ccc(C(F)(F)F)cc4)nn3C)ncn2)c(C)c1C(C)(C)O. The van der Waals surface area contributed by atoms with Crippen molar-refractivity contribution in [3.63, 3.8) is 0 Å². The number of nitrogens with zero attached hydrogens (tertiary/aromatic N) is 6. The predicted octanol–water partition coefficient (Wildman–Crippen LogP) is 4.83. The molecule has 0 fully saturated rings. The third-order valence-corrected chi connectivity index (χ3v) is 6.09. The Morgan fingerprint density at radius 1 is 0.971 bits per heavy atom. The fourth-order valence-corrected chi connectivity index (χ4v) is 4.52. The molecule has 0 saturated heterocycles. The molecule has 0 aliphatic rings. The van der Waals surface area contributed by atoms with Crippen LogP contribution >= 0.6 is 0 Å². The van der Waals surface area contributed by atoms with Gasteiger partial charge >= 0.3 is 6.18 Å². The maximum atomic E-state index is 12.9. The predicted molar refractivity (Wildman–Crippen MR) is 125 cm³/mol. The van der Waals surface area contributed by atoms with Gasteiger partial charge in [0.1, 0.15) is 6.33 Å². The molecule has 7 nitrogen and oxygen atoms in total. The molecular weight excluding hydrogens is 457 g/mol. The summed E-state index contributed by atoms with van der Waals surface area (Å²) in [6.07, 6.45) is -2.47. The zero-order valence-corrected chi connectivity index (χ0v) is 20.4. The van der Waals surface area contributed by atoms with Crippen molar-refractivity contribution in [1.29, 1.82) is 0 Å². The Balaban J connectivity index is 1.66. The Kier molecular flexibility index (Phi) is 6.04. The first kappa shape index (κ1) is 24.6. The molecule has 0 unspecified atom stereocenters. The quantitative estimate of drug-likeness (QED) is 0.439. The second kappa shape index (κ2) is 8.60. The van der Waals surface area contributed by atoms with Gasteiger partial charge in [0.25, 0.3) is 0 Å². The molecule has 0 saturated carbocycles. The van der Waals surface area contributed by atoms with Gasteiger partial charge in [0, 0.05) is 42.0 Å². The first-order valence-electron chi connectivity index (χ1n) is 11.1. The monoisotopic (exact) mass is 484 g/mol. The second-order valence-corrected chi connectivity index (χ2v) is 9.18. The Bertz CT molecular complexity index is 1380. The maximum Gasteiger partial charge on any atom is 0.416 e. The van der Waals surface area contributed by atoms with Crippen LogP contribution < -0.4 is 0 Å². The van der Waals surface area contributed by atoms with E-state index >= 15 is 0 Å². The van der Waals surface area contributed by atoms with Crippen LogP contribution in [0.15, 0.2) is 36.7 Å².